The van der Waals surface area contributed by atoms with Crippen molar-refractivity contribution in [2.24, 2.45) is 0 Å². The minimum Gasteiger partial charge on any atom is -0.443 e. The van der Waals surface area contributed by atoms with E-state index < -0.39 is 10.0 Å². The van der Waals surface area contributed by atoms with Gasteiger partial charge in [0.1, 0.15) is 5.58 Å². The van der Waals surface area contributed by atoms with Crippen LogP contribution in [-0.2, 0) is 10.0 Å². The molecule has 1 aliphatic heterocycles. The average molecular weight is 482 g/mol. The normalized spacial score (nSPS) is 15.1. The van der Waals surface area contributed by atoms with Crippen molar-refractivity contribution in [2.45, 2.75) is 5.09 Å². The van der Waals surface area contributed by atoms with Gasteiger partial charge >= 0.3 is 0 Å². The Bertz CT molecular complexity index is 1410. The number of fused-ring (bicyclic) bond motifs is 1. The van der Waals surface area contributed by atoms with Gasteiger partial charge in [0.25, 0.3) is 15.9 Å². The Morgan fingerprint density at radius 2 is 1.55 bits per heavy atom. The van der Waals surface area contributed by atoms with E-state index in [1.165, 1.54) is 10.4 Å². The first-order valence-electron chi connectivity index (χ1n) is 10.4. The smallest absolute Gasteiger partial charge is 0.276 e. The molecule has 33 heavy (non-hydrogen) atoms. The van der Waals surface area contributed by atoms with Crippen molar-refractivity contribution in [3.63, 3.8) is 0 Å². The molecule has 1 aliphatic rings. The number of carbonyl (C=O) groups excluding carboxylic acids is 1. The quantitative estimate of drug-likeness (QED) is 0.434. The van der Waals surface area contributed by atoms with Gasteiger partial charge in [0.05, 0.1) is 0 Å². The lowest BCUT2D eigenvalue weighted by Gasteiger charge is -2.33. The minimum absolute atomic E-state index is 0.119. The highest BCUT2D eigenvalue weighted by molar-refractivity contribution is 7.89. The Labute approximate surface area is 196 Å². The van der Waals surface area contributed by atoms with E-state index in [2.05, 4.69) is 4.98 Å². The Morgan fingerprint density at radius 1 is 0.879 bits per heavy atom. The second-order valence-corrected chi connectivity index (χ2v) is 10.1. The molecule has 3 heterocycles. The fourth-order valence-corrected chi connectivity index (χ4v) is 5.46. The van der Waals surface area contributed by atoms with Crippen molar-refractivity contribution in [3.8, 4) is 11.1 Å². The first kappa shape index (κ1) is 21.6. The third kappa shape index (κ3) is 4.25. The molecule has 7 nitrogen and oxygen atoms in total. The van der Waals surface area contributed by atoms with Crippen LogP contribution >= 0.6 is 11.6 Å². The molecule has 0 unspecified atom stereocenters. The molecule has 1 saturated heterocycles. The third-order valence-electron chi connectivity index (χ3n) is 5.72. The summed E-state index contributed by atoms with van der Waals surface area (Å²) in [5.74, 6) is -0.119. The monoisotopic (exact) mass is 481 g/mol. The van der Waals surface area contributed by atoms with Crippen LogP contribution in [0.2, 0.25) is 5.02 Å². The van der Waals surface area contributed by atoms with Crippen molar-refractivity contribution in [3.05, 3.63) is 83.6 Å². The molecule has 4 aromatic rings. The molecule has 0 aliphatic carbocycles. The fourth-order valence-electron chi connectivity index (χ4n) is 3.91. The van der Waals surface area contributed by atoms with Gasteiger partial charge in [-0.25, -0.2) is 8.42 Å². The van der Waals surface area contributed by atoms with Gasteiger partial charge in [-0.15, -0.1) is 0 Å². The largest absolute Gasteiger partial charge is 0.443 e. The third-order valence-corrected chi connectivity index (χ3v) is 7.71. The molecule has 168 valence electrons. The van der Waals surface area contributed by atoms with Crippen molar-refractivity contribution >= 4 is 38.5 Å². The number of pyridine rings is 1. The number of hydrogen-bond acceptors (Lipinski definition) is 5. The number of furan rings is 1. The summed E-state index contributed by atoms with van der Waals surface area (Å²) in [5, 5.41) is 1.02. The number of amides is 1. The van der Waals surface area contributed by atoms with Gasteiger partial charge in [0.15, 0.2) is 0 Å². The van der Waals surface area contributed by atoms with Crippen LogP contribution in [0.15, 0.2) is 82.6 Å². The van der Waals surface area contributed by atoms with E-state index >= 15 is 0 Å². The zero-order chi connectivity index (χ0) is 23.0. The van der Waals surface area contributed by atoms with Gasteiger partial charge in [0, 0.05) is 60.6 Å². The van der Waals surface area contributed by atoms with E-state index in [1.807, 2.05) is 24.3 Å². The molecule has 2 aromatic heterocycles. The van der Waals surface area contributed by atoms with Crippen LogP contribution in [-0.4, -0.2) is 54.7 Å². The summed E-state index contributed by atoms with van der Waals surface area (Å²) in [6.45, 7) is 0.994. The van der Waals surface area contributed by atoms with Gasteiger partial charge in [-0.05, 0) is 53.6 Å². The standard InChI is InChI=1S/C24H20ClN3O4S/c25-21-5-6-22-20(15-21)16-23(32-22)33(30,31)28-13-11-27(12-14-28)24(29)19-3-1-17(2-4-19)18-7-9-26-10-8-18/h1-10,15-16H,11-14H2. The molecule has 0 spiro atoms. The molecule has 0 N–H and O–H groups in total. The topological polar surface area (TPSA) is 83.7 Å². The molecule has 5 rings (SSSR count). The van der Waals surface area contributed by atoms with Crippen LogP contribution in [0.3, 0.4) is 0 Å². The zero-order valence-corrected chi connectivity index (χ0v) is 19.1. The lowest BCUT2D eigenvalue weighted by atomic mass is 10.0. The summed E-state index contributed by atoms with van der Waals surface area (Å²) in [6.07, 6.45) is 3.45. The summed E-state index contributed by atoms with van der Waals surface area (Å²) in [5.41, 5.74) is 3.05. The lowest BCUT2D eigenvalue weighted by Crippen LogP contribution is -2.50. The van der Waals surface area contributed by atoms with E-state index in [9.17, 15) is 13.2 Å². The predicted molar refractivity (Wildman–Crippen MR) is 126 cm³/mol. The Kier molecular flexibility index (Phi) is 5.65. The summed E-state index contributed by atoms with van der Waals surface area (Å²) in [6, 6.07) is 17.6. The van der Waals surface area contributed by atoms with Gasteiger partial charge in [-0.3, -0.25) is 9.78 Å². The van der Waals surface area contributed by atoms with E-state index in [0.29, 0.717) is 34.6 Å². The SMILES string of the molecule is O=C(c1ccc(-c2ccncc2)cc1)N1CCN(S(=O)(=O)c2cc3cc(Cl)ccc3o2)CC1. The number of aromatic nitrogens is 1. The average Bonchev–Trinajstić information content (AvgIpc) is 3.28. The first-order valence-corrected chi connectivity index (χ1v) is 12.2. The Morgan fingerprint density at radius 3 is 2.24 bits per heavy atom. The molecule has 0 radical (unpaired) electrons. The van der Waals surface area contributed by atoms with Crippen LogP contribution in [0.4, 0.5) is 0 Å². The molecule has 2 aromatic carbocycles. The van der Waals surface area contributed by atoms with Gasteiger partial charge in [-0.1, -0.05) is 23.7 Å². The number of halogens is 1. The molecule has 1 amide bonds. The number of carbonyl (C=O) groups is 1. The minimum atomic E-state index is -3.81. The number of rotatable bonds is 4. The predicted octanol–water partition coefficient (Wildman–Crippen LogP) is 4.29. The molecular formula is C24H20ClN3O4S. The van der Waals surface area contributed by atoms with Crippen molar-refractivity contribution < 1.29 is 17.6 Å². The fraction of sp³-hybridized carbons (Fsp3) is 0.167. The number of piperazine rings is 1. The van der Waals surface area contributed by atoms with Crippen LogP contribution in [0, 0.1) is 0 Å². The first-order chi connectivity index (χ1) is 15.9. The van der Waals surface area contributed by atoms with E-state index in [0.717, 1.165) is 11.1 Å². The second-order valence-electron chi connectivity index (χ2n) is 7.76. The number of benzene rings is 2. The molecular weight excluding hydrogens is 462 g/mol. The molecule has 0 atom stereocenters. The van der Waals surface area contributed by atoms with Gasteiger partial charge < -0.3 is 9.32 Å². The molecule has 0 bridgehead atoms. The summed E-state index contributed by atoms with van der Waals surface area (Å²) in [4.78, 5) is 18.6. The summed E-state index contributed by atoms with van der Waals surface area (Å²) < 4.78 is 33.0. The summed E-state index contributed by atoms with van der Waals surface area (Å²) in [7, 11) is -3.81. The highest BCUT2D eigenvalue weighted by Gasteiger charge is 2.32. The van der Waals surface area contributed by atoms with Crippen LogP contribution in [0.1, 0.15) is 10.4 Å². The number of hydrogen-bond donors (Lipinski definition) is 0. The van der Waals surface area contributed by atoms with Crippen LogP contribution < -0.4 is 0 Å². The summed E-state index contributed by atoms with van der Waals surface area (Å²) >= 11 is 5.99. The van der Waals surface area contributed by atoms with E-state index in [1.54, 1.807) is 47.6 Å². The lowest BCUT2D eigenvalue weighted by molar-refractivity contribution is 0.0697. The van der Waals surface area contributed by atoms with Crippen molar-refractivity contribution in [2.75, 3.05) is 26.2 Å². The van der Waals surface area contributed by atoms with Crippen molar-refractivity contribution in [1.82, 2.24) is 14.2 Å². The van der Waals surface area contributed by atoms with Crippen molar-refractivity contribution in [1.29, 1.82) is 0 Å². The Hall–Kier alpha value is -3.20. The van der Waals surface area contributed by atoms with Crippen LogP contribution in [0.25, 0.3) is 22.1 Å². The van der Waals surface area contributed by atoms with Gasteiger partial charge in [-0.2, -0.15) is 4.31 Å². The molecule has 1 fully saturated rings. The maximum absolute atomic E-state index is 13.1. The van der Waals surface area contributed by atoms with Crippen LogP contribution in [0.5, 0.6) is 0 Å². The zero-order valence-electron chi connectivity index (χ0n) is 17.5. The van der Waals surface area contributed by atoms with Gasteiger partial charge in [0.2, 0.25) is 5.09 Å². The maximum Gasteiger partial charge on any atom is 0.276 e. The molecule has 9 heteroatoms. The second kappa shape index (κ2) is 8.62. The van der Waals surface area contributed by atoms with E-state index in [4.69, 9.17) is 16.0 Å². The Balaban J connectivity index is 1.26. The maximum atomic E-state index is 13.1. The van der Waals surface area contributed by atoms with E-state index in [-0.39, 0.29) is 24.1 Å². The number of sulfonamides is 1. The highest BCUT2D eigenvalue weighted by Crippen LogP contribution is 2.28. The highest BCUT2D eigenvalue weighted by atomic mass is 35.5. The number of nitrogens with zero attached hydrogens (tertiary/aromatic N) is 3. The molecule has 0 saturated carbocycles.